The van der Waals surface area contributed by atoms with Gasteiger partial charge in [0.1, 0.15) is 5.75 Å². The summed E-state index contributed by atoms with van der Waals surface area (Å²) in [7, 11) is 0. The van der Waals surface area contributed by atoms with Gasteiger partial charge in [-0.25, -0.2) is 0 Å². The van der Waals surface area contributed by atoms with Crippen LogP contribution in [0.2, 0.25) is 5.02 Å². The van der Waals surface area contributed by atoms with Crippen molar-refractivity contribution < 1.29 is 5.11 Å². The highest BCUT2D eigenvalue weighted by Crippen LogP contribution is 2.26. The van der Waals surface area contributed by atoms with Crippen LogP contribution in [0.1, 0.15) is 25.3 Å². The zero-order valence-electron chi connectivity index (χ0n) is 9.33. The number of nitrogens with one attached hydrogen (secondary N) is 1. The van der Waals surface area contributed by atoms with E-state index in [1.54, 1.807) is 6.07 Å². The van der Waals surface area contributed by atoms with Gasteiger partial charge in [-0.3, -0.25) is 5.32 Å². The van der Waals surface area contributed by atoms with Crippen molar-refractivity contribution in [3.05, 3.63) is 28.8 Å². The van der Waals surface area contributed by atoms with Crippen molar-refractivity contribution in [2.24, 2.45) is 0 Å². The second kappa shape index (κ2) is 6.42. The van der Waals surface area contributed by atoms with Gasteiger partial charge in [0.2, 0.25) is 0 Å². The highest BCUT2D eigenvalue weighted by atomic mass is 35.5. The summed E-state index contributed by atoms with van der Waals surface area (Å²) < 4.78 is 0. The number of rotatable bonds is 5. The van der Waals surface area contributed by atoms with Crippen LogP contribution in [0.3, 0.4) is 0 Å². The van der Waals surface area contributed by atoms with Crippen molar-refractivity contribution in [1.29, 1.82) is 0 Å². The Morgan fingerprint density at radius 1 is 1.56 bits per heavy atom. The monoisotopic (exact) mass is 237 g/mol. The average Bonchev–Trinajstić information content (AvgIpc) is 2.29. The summed E-state index contributed by atoms with van der Waals surface area (Å²) in [5.74, 6) is 2.81. The van der Waals surface area contributed by atoms with Gasteiger partial charge in [0.05, 0.1) is 11.1 Å². The van der Waals surface area contributed by atoms with Crippen LogP contribution in [0.15, 0.2) is 18.2 Å². The smallest absolute Gasteiger partial charge is 0.138 e. The molecule has 1 atom stereocenters. The summed E-state index contributed by atoms with van der Waals surface area (Å²) in [6.07, 6.45) is 7.35. The first-order valence-corrected chi connectivity index (χ1v) is 5.72. The van der Waals surface area contributed by atoms with Crippen LogP contribution in [0.25, 0.3) is 0 Å². The summed E-state index contributed by atoms with van der Waals surface area (Å²) in [6, 6.07) is 5.34. The molecule has 0 saturated carbocycles. The van der Waals surface area contributed by atoms with Crippen LogP contribution >= 0.6 is 11.6 Å². The number of hydrogen-bond donors (Lipinski definition) is 2. The summed E-state index contributed by atoms with van der Waals surface area (Å²) in [5.41, 5.74) is 0.767. The van der Waals surface area contributed by atoms with Crippen LogP contribution in [0.4, 0.5) is 0 Å². The SMILES string of the molecule is C#CC(CCC)NCc1cccc(Cl)c1O. The largest absolute Gasteiger partial charge is 0.506 e. The molecule has 0 aliphatic rings. The molecule has 86 valence electrons. The highest BCUT2D eigenvalue weighted by molar-refractivity contribution is 6.32. The molecule has 1 aromatic rings. The number of benzene rings is 1. The minimum Gasteiger partial charge on any atom is -0.506 e. The van der Waals surface area contributed by atoms with E-state index in [1.165, 1.54) is 0 Å². The first kappa shape index (κ1) is 12.9. The fourth-order valence-electron chi connectivity index (χ4n) is 1.47. The summed E-state index contributed by atoms with van der Waals surface area (Å²) >= 11 is 5.81. The third-order valence-corrected chi connectivity index (χ3v) is 2.69. The number of phenols is 1. The normalized spacial score (nSPS) is 12.1. The van der Waals surface area contributed by atoms with E-state index in [9.17, 15) is 5.11 Å². The van der Waals surface area contributed by atoms with Crippen LogP contribution in [0.5, 0.6) is 5.75 Å². The first-order chi connectivity index (χ1) is 7.69. The van der Waals surface area contributed by atoms with Crippen LogP contribution < -0.4 is 5.32 Å². The van der Waals surface area contributed by atoms with E-state index in [4.69, 9.17) is 18.0 Å². The van der Waals surface area contributed by atoms with Gasteiger partial charge >= 0.3 is 0 Å². The fraction of sp³-hybridized carbons (Fsp3) is 0.385. The van der Waals surface area contributed by atoms with E-state index in [-0.39, 0.29) is 11.8 Å². The van der Waals surface area contributed by atoms with E-state index in [1.807, 2.05) is 12.1 Å². The van der Waals surface area contributed by atoms with Crippen molar-refractivity contribution in [2.45, 2.75) is 32.4 Å². The fourth-order valence-corrected chi connectivity index (χ4v) is 1.66. The molecule has 1 rings (SSSR count). The molecule has 0 amide bonds. The predicted molar refractivity (Wildman–Crippen MR) is 67.5 cm³/mol. The third kappa shape index (κ3) is 3.44. The average molecular weight is 238 g/mol. The van der Waals surface area contributed by atoms with Crippen molar-refractivity contribution in [2.75, 3.05) is 0 Å². The van der Waals surface area contributed by atoms with Gasteiger partial charge < -0.3 is 5.11 Å². The lowest BCUT2D eigenvalue weighted by Crippen LogP contribution is -2.26. The number of phenolic OH excluding ortho intramolecular Hbond substituents is 1. The maximum atomic E-state index is 9.69. The molecule has 3 heteroatoms. The van der Waals surface area contributed by atoms with Crippen molar-refractivity contribution in [1.82, 2.24) is 5.32 Å². The van der Waals surface area contributed by atoms with E-state index in [0.717, 1.165) is 18.4 Å². The first-order valence-electron chi connectivity index (χ1n) is 5.35. The Bertz CT molecular complexity index is 384. The molecule has 0 spiro atoms. The zero-order chi connectivity index (χ0) is 12.0. The van der Waals surface area contributed by atoms with Crippen LogP contribution in [-0.2, 0) is 6.54 Å². The van der Waals surface area contributed by atoms with Crippen molar-refractivity contribution >= 4 is 11.6 Å². The minimum atomic E-state index is 0.0448. The van der Waals surface area contributed by atoms with E-state index < -0.39 is 0 Å². The molecule has 2 N–H and O–H groups in total. The molecule has 16 heavy (non-hydrogen) atoms. The molecule has 0 fully saturated rings. The van der Waals surface area contributed by atoms with Crippen molar-refractivity contribution in [3.63, 3.8) is 0 Å². The Hall–Kier alpha value is -1.17. The maximum Gasteiger partial charge on any atom is 0.138 e. The topological polar surface area (TPSA) is 32.3 Å². The van der Waals surface area contributed by atoms with Crippen LogP contribution in [-0.4, -0.2) is 11.1 Å². The molecule has 0 bridgehead atoms. The standard InChI is InChI=1S/C13H16ClNO/c1-3-6-11(4-2)15-9-10-7-5-8-12(14)13(10)16/h2,5,7-8,11,15-16H,3,6,9H2,1H3. The number of aromatic hydroxyl groups is 1. The molecule has 0 saturated heterocycles. The number of hydrogen-bond acceptors (Lipinski definition) is 2. The zero-order valence-corrected chi connectivity index (χ0v) is 10.1. The van der Waals surface area contributed by atoms with E-state index >= 15 is 0 Å². The molecule has 0 aliphatic carbocycles. The van der Waals surface area contributed by atoms with Gasteiger partial charge in [-0.15, -0.1) is 6.42 Å². The quantitative estimate of drug-likeness (QED) is 0.772. The summed E-state index contributed by atoms with van der Waals surface area (Å²) in [6.45, 7) is 2.62. The molecule has 0 radical (unpaired) electrons. The Kier molecular flexibility index (Phi) is 5.18. The molecular weight excluding hydrogens is 222 g/mol. The van der Waals surface area contributed by atoms with Crippen LogP contribution in [0, 0.1) is 12.3 Å². The molecule has 0 aliphatic heterocycles. The number of halogens is 1. The lowest BCUT2D eigenvalue weighted by Gasteiger charge is -2.13. The van der Waals surface area contributed by atoms with E-state index in [0.29, 0.717) is 11.6 Å². The van der Waals surface area contributed by atoms with Gasteiger partial charge in [-0.1, -0.05) is 43.0 Å². The Labute approximate surface area is 102 Å². The summed E-state index contributed by atoms with van der Waals surface area (Å²) in [4.78, 5) is 0. The van der Waals surface area contributed by atoms with Gasteiger partial charge in [0.25, 0.3) is 0 Å². The third-order valence-electron chi connectivity index (χ3n) is 2.39. The molecule has 2 nitrogen and oxygen atoms in total. The van der Waals surface area contributed by atoms with Gasteiger partial charge in [-0.05, 0) is 12.5 Å². The molecule has 0 heterocycles. The lowest BCUT2D eigenvalue weighted by atomic mass is 10.1. The molecule has 1 aromatic carbocycles. The number of terminal acetylenes is 1. The van der Waals surface area contributed by atoms with Gasteiger partial charge in [0, 0.05) is 12.1 Å². The lowest BCUT2D eigenvalue weighted by molar-refractivity contribution is 0.461. The van der Waals surface area contributed by atoms with E-state index in [2.05, 4.69) is 18.2 Å². The molecular formula is C13H16ClNO. The predicted octanol–water partition coefficient (Wildman–Crippen LogP) is 2.94. The second-order valence-electron chi connectivity index (χ2n) is 3.64. The minimum absolute atomic E-state index is 0.0448. The second-order valence-corrected chi connectivity index (χ2v) is 4.04. The number of para-hydroxylation sites is 1. The highest BCUT2D eigenvalue weighted by Gasteiger charge is 2.07. The van der Waals surface area contributed by atoms with Gasteiger partial charge in [-0.2, -0.15) is 0 Å². The summed E-state index contributed by atoms with van der Waals surface area (Å²) in [5, 5.41) is 13.3. The Morgan fingerprint density at radius 3 is 2.94 bits per heavy atom. The maximum absolute atomic E-state index is 9.69. The molecule has 0 aromatic heterocycles. The Morgan fingerprint density at radius 2 is 2.31 bits per heavy atom. The van der Waals surface area contributed by atoms with Gasteiger partial charge in [0.15, 0.2) is 0 Å². The molecule has 1 unspecified atom stereocenters. The Balaban J connectivity index is 2.61. The van der Waals surface area contributed by atoms with Crippen molar-refractivity contribution in [3.8, 4) is 18.1 Å².